The third kappa shape index (κ3) is 3.50. The second-order valence-corrected chi connectivity index (χ2v) is 13.3. The van der Waals surface area contributed by atoms with Gasteiger partial charge in [-0.1, -0.05) is 18.6 Å². The summed E-state index contributed by atoms with van der Waals surface area (Å²) in [5.74, 6) is -0.814. The molecule has 4 atom stereocenters. The maximum atomic E-state index is 13.1. The number of esters is 2. The number of carbonyl (C=O) groups is 2. The molecule has 26 heavy (non-hydrogen) atoms. The van der Waals surface area contributed by atoms with Gasteiger partial charge in [0.1, 0.15) is 0 Å². The second-order valence-electron chi connectivity index (χ2n) is 8.89. The number of ether oxygens (including phenoxy) is 2. The van der Waals surface area contributed by atoms with E-state index in [4.69, 9.17) is 13.9 Å². The Bertz CT molecular complexity index is 593. The van der Waals surface area contributed by atoms with Crippen LogP contribution in [0.4, 0.5) is 0 Å². The quantitative estimate of drug-likeness (QED) is 0.407. The first-order chi connectivity index (χ1) is 12.0. The van der Waals surface area contributed by atoms with Crippen LogP contribution in [-0.2, 0) is 23.5 Å². The Morgan fingerprint density at radius 2 is 1.85 bits per heavy atom. The first-order valence-corrected chi connectivity index (χ1v) is 13.0. The Kier molecular flexibility index (Phi) is 6.08. The van der Waals surface area contributed by atoms with Gasteiger partial charge in [0.05, 0.1) is 31.2 Å². The van der Waals surface area contributed by atoms with Crippen molar-refractivity contribution in [3.63, 3.8) is 0 Å². The van der Waals surface area contributed by atoms with E-state index < -0.39 is 19.3 Å². The maximum Gasteiger partial charge on any atom is 0.315 e. The van der Waals surface area contributed by atoms with Crippen molar-refractivity contribution in [3.8, 4) is 0 Å². The Morgan fingerprint density at radius 1 is 1.19 bits per heavy atom. The van der Waals surface area contributed by atoms with Gasteiger partial charge < -0.3 is 13.9 Å². The van der Waals surface area contributed by atoms with Gasteiger partial charge in [0.15, 0.2) is 8.32 Å². The number of allylic oxidation sites excluding steroid dienone is 2. The summed E-state index contributed by atoms with van der Waals surface area (Å²) in [7, 11) is 0.871. The molecule has 5 nitrogen and oxygen atoms in total. The summed E-state index contributed by atoms with van der Waals surface area (Å²) < 4.78 is 17.2. The number of hydrogen-bond donors (Lipinski definition) is 0. The number of fused-ring (bicyclic) bond motifs is 1. The molecule has 0 bridgehead atoms. The highest BCUT2D eigenvalue weighted by Gasteiger charge is 2.67. The topological polar surface area (TPSA) is 61.8 Å². The van der Waals surface area contributed by atoms with Crippen molar-refractivity contribution in [1.29, 1.82) is 0 Å². The molecule has 2 rings (SSSR count). The van der Waals surface area contributed by atoms with Crippen LogP contribution in [0, 0.1) is 17.3 Å². The zero-order chi connectivity index (χ0) is 19.8. The summed E-state index contributed by atoms with van der Waals surface area (Å²) >= 11 is 0. The highest BCUT2D eigenvalue weighted by atomic mass is 28.4. The maximum absolute atomic E-state index is 13.1. The zero-order valence-electron chi connectivity index (χ0n) is 17.3. The van der Waals surface area contributed by atoms with E-state index in [1.807, 2.05) is 6.92 Å². The molecular weight excluding hydrogens is 348 g/mol. The van der Waals surface area contributed by atoms with Crippen molar-refractivity contribution in [3.05, 3.63) is 11.6 Å². The monoisotopic (exact) mass is 382 g/mol. The lowest BCUT2D eigenvalue weighted by atomic mass is 9.65. The smallest absolute Gasteiger partial charge is 0.315 e. The molecule has 2 aliphatic carbocycles. The zero-order valence-corrected chi connectivity index (χ0v) is 18.3. The minimum Gasteiger partial charge on any atom is -0.469 e. The number of carbonyl (C=O) groups excluding carboxylic acids is 2. The first-order valence-electron chi connectivity index (χ1n) is 9.55. The number of hydrogen-bond acceptors (Lipinski definition) is 5. The largest absolute Gasteiger partial charge is 0.469 e. The molecule has 1 fully saturated rings. The summed E-state index contributed by atoms with van der Waals surface area (Å²) in [5, 5.41) is 0. The van der Waals surface area contributed by atoms with Crippen LogP contribution in [-0.4, -0.2) is 40.1 Å². The third-order valence-corrected chi connectivity index (χ3v) is 7.20. The van der Waals surface area contributed by atoms with Gasteiger partial charge in [-0.3, -0.25) is 9.59 Å². The van der Waals surface area contributed by atoms with Gasteiger partial charge in [-0.2, -0.15) is 0 Å². The van der Waals surface area contributed by atoms with Crippen LogP contribution < -0.4 is 0 Å². The van der Waals surface area contributed by atoms with Crippen LogP contribution in [0.15, 0.2) is 11.6 Å². The van der Waals surface area contributed by atoms with E-state index in [1.165, 1.54) is 19.8 Å². The Morgan fingerprint density at radius 3 is 2.38 bits per heavy atom. The summed E-state index contributed by atoms with van der Waals surface area (Å²) in [4.78, 5) is 25.5. The third-order valence-electron chi connectivity index (χ3n) is 6.22. The van der Waals surface area contributed by atoms with E-state index in [9.17, 15) is 9.59 Å². The lowest BCUT2D eigenvalue weighted by molar-refractivity contribution is -0.175. The molecule has 0 aromatic heterocycles. The molecule has 0 aromatic carbocycles. The van der Waals surface area contributed by atoms with Gasteiger partial charge in [0.2, 0.25) is 0 Å². The van der Waals surface area contributed by atoms with Crippen LogP contribution in [0.1, 0.15) is 46.0 Å². The van der Waals surface area contributed by atoms with E-state index >= 15 is 0 Å². The van der Waals surface area contributed by atoms with Crippen molar-refractivity contribution in [2.45, 2.75) is 71.2 Å². The molecule has 0 heterocycles. The molecule has 0 aliphatic heterocycles. The van der Waals surface area contributed by atoms with Crippen molar-refractivity contribution >= 4 is 20.3 Å². The Balaban J connectivity index is 2.63. The number of rotatable bonds is 5. The van der Waals surface area contributed by atoms with Gasteiger partial charge in [0.25, 0.3) is 0 Å². The second kappa shape index (κ2) is 7.47. The standard InChI is InChI=1S/C20H34O5Si/c1-14-8-11-19(18(22)24-4)12-10-16(15(2)17(21)23-3)20(19,13-9-14)25-26(5,6)7/h8,15-16H,9-13H2,1-7H3/t15-,16+,19-,20+/m1/s1. The molecule has 0 N–H and O–H groups in total. The normalized spacial score (nSPS) is 32.9. The van der Waals surface area contributed by atoms with E-state index in [2.05, 4.69) is 32.6 Å². The van der Waals surface area contributed by atoms with Crippen LogP contribution >= 0.6 is 0 Å². The van der Waals surface area contributed by atoms with Crippen molar-refractivity contribution in [2.24, 2.45) is 17.3 Å². The summed E-state index contributed by atoms with van der Waals surface area (Å²) in [6.45, 7) is 10.4. The van der Waals surface area contributed by atoms with Crippen LogP contribution in [0.5, 0.6) is 0 Å². The molecule has 1 saturated carbocycles. The van der Waals surface area contributed by atoms with Gasteiger partial charge in [0, 0.05) is 5.92 Å². The SMILES string of the molecule is COC(=O)[C@H](C)[C@@H]1CC[C@@]2(C(=O)OC)CC=C(C)CC[C@]12O[Si](C)(C)C. The van der Waals surface area contributed by atoms with Gasteiger partial charge >= 0.3 is 11.9 Å². The Hall–Kier alpha value is -1.14. The highest BCUT2D eigenvalue weighted by Crippen LogP contribution is 2.61. The van der Waals surface area contributed by atoms with E-state index in [0.29, 0.717) is 12.8 Å². The van der Waals surface area contributed by atoms with Gasteiger partial charge in [-0.15, -0.1) is 0 Å². The van der Waals surface area contributed by atoms with Crippen molar-refractivity contribution < 1.29 is 23.5 Å². The molecule has 0 saturated heterocycles. The fraction of sp³-hybridized carbons (Fsp3) is 0.800. The van der Waals surface area contributed by atoms with Crippen LogP contribution in [0.25, 0.3) is 0 Å². The van der Waals surface area contributed by atoms with E-state index in [0.717, 1.165) is 19.3 Å². The molecule has 2 aliphatic rings. The van der Waals surface area contributed by atoms with Gasteiger partial charge in [-0.05, 0) is 58.7 Å². The van der Waals surface area contributed by atoms with Crippen molar-refractivity contribution in [2.75, 3.05) is 14.2 Å². The number of methoxy groups -OCH3 is 2. The molecule has 0 radical (unpaired) electrons. The summed E-state index contributed by atoms with van der Waals surface area (Å²) in [6, 6.07) is 0. The molecule has 0 unspecified atom stereocenters. The van der Waals surface area contributed by atoms with Crippen molar-refractivity contribution in [1.82, 2.24) is 0 Å². The predicted octanol–water partition coefficient (Wildman–Crippen LogP) is 4.09. The van der Waals surface area contributed by atoms with E-state index in [-0.39, 0.29) is 23.8 Å². The average Bonchev–Trinajstić information content (AvgIpc) is 2.81. The lowest BCUT2D eigenvalue weighted by Gasteiger charge is -2.50. The predicted molar refractivity (Wildman–Crippen MR) is 103 cm³/mol. The highest BCUT2D eigenvalue weighted by molar-refractivity contribution is 6.69. The minimum atomic E-state index is -2.01. The fourth-order valence-corrected chi connectivity index (χ4v) is 6.60. The Labute approximate surface area is 158 Å². The lowest BCUT2D eigenvalue weighted by Crippen LogP contribution is -2.59. The molecule has 0 amide bonds. The fourth-order valence-electron chi connectivity index (χ4n) is 5.06. The molecule has 148 valence electrons. The molecule has 0 aromatic rings. The summed E-state index contributed by atoms with van der Waals surface area (Å²) in [5.41, 5.74) is -0.148. The van der Waals surface area contributed by atoms with Gasteiger partial charge in [-0.25, -0.2) is 0 Å². The average molecular weight is 383 g/mol. The summed E-state index contributed by atoms with van der Waals surface area (Å²) in [6.07, 6.45) is 5.83. The first kappa shape index (κ1) is 21.2. The van der Waals surface area contributed by atoms with Crippen LogP contribution in [0.2, 0.25) is 19.6 Å². The van der Waals surface area contributed by atoms with Crippen LogP contribution in [0.3, 0.4) is 0 Å². The molecule has 0 spiro atoms. The molecule has 6 heteroatoms. The van der Waals surface area contributed by atoms with E-state index in [1.54, 1.807) is 0 Å². The minimum absolute atomic E-state index is 0.0555. The molecular formula is C20H34O5Si.